The third-order valence-electron chi connectivity index (χ3n) is 4.65. The molecule has 0 radical (unpaired) electrons. The van der Waals surface area contributed by atoms with Crippen molar-refractivity contribution in [2.75, 3.05) is 5.32 Å². The van der Waals surface area contributed by atoms with Crippen LogP contribution in [0.3, 0.4) is 0 Å². The summed E-state index contributed by atoms with van der Waals surface area (Å²) in [5.41, 5.74) is 4.10. The molecule has 1 aliphatic carbocycles. The molecule has 108 valence electrons. The van der Waals surface area contributed by atoms with Gasteiger partial charge in [-0.15, -0.1) is 11.3 Å². The molecule has 21 heavy (non-hydrogen) atoms. The highest BCUT2D eigenvalue weighted by Gasteiger charge is 2.34. The monoisotopic (exact) mass is 298 g/mol. The summed E-state index contributed by atoms with van der Waals surface area (Å²) in [4.78, 5) is 17.7. The van der Waals surface area contributed by atoms with Gasteiger partial charge in [0.05, 0.1) is 5.00 Å². The Morgan fingerprint density at radius 1 is 1.29 bits per heavy atom. The number of nitrogens with zero attached hydrogens (tertiary/aromatic N) is 1. The van der Waals surface area contributed by atoms with E-state index >= 15 is 0 Å². The van der Waals surface area contributed by atoms with E-state index in [0.29, 0.717) is 6.42 Å². The molecule has 2 aromatic rings. The number of thiophene rings is 1. The Kier molecular flexibility index (Phi) is 3.07. The van der Waals surface area contributed by atoms with Crippen LogP contribution in [0.25, 0.3) is 0 Å². The molecule has 3 nitrogen and oxygen atoms in total. The summed E-state index contributed by atoms with van der Waals surface area (Å²) in [5.74, 6) is 1.09. The van der Waals surface area contributed by atoms with E-state index in [1.807, 2.05) is 24.5 Å². The Morgan fingerprint density at radius 2 is 2.10 bits per heavy atom. The number of aromatic nitrogens is 1. The molecule has 2 aliphatic rings. The number of amides is 1. The number of pyridine rings is 1. The van der Waals surface area contributed by atoms with E-state index < -0.39 is 0 Å². The molecule has 0 bridgehead atoms. The highest BCUT2D eigenvalue weighted by molar-refractivity contribution is 7.16. The number of carbonyl (C=O) groups is 1. The molecule has 0 saturated carbocycles. The van der Waals surface area contributed by atoms with Gasteiger partial charge in [0.15, 0.2) is 0 Å². The molecule has 4 heteroatoms. The van der Waals surface area contributed by atoms with Crippen LogP contribution in [0.1, 0.15) is 47.3 Å². The van der Waals surface area contributed by atoms with Gasteiger partial charge < -0.3 is 5.32 Å². The number of anilines is 1. The van der Waals surface area contributed by atoms with Gasteiger partial charge in [0.1, 0.15) is 0 Å². The standard InChI is InChI=1S/C17H18N2OS/c1-10-2-3-12-14(8-10)21-17-16(12)13(9-15(20)19-17)11-4-6-18-7-5-11/h4-7,10,13H,2-3,8-9H2,1H3,(H,19,20)/t10-,13+/m1/s1. The lowest BCUT2D eigenvalue weighted by Gasteiger charge is -2.26. The second-order valence-corrected chi connectivity index (χ2v) is 7.29. The van der Waals surface area contributed by atoms with Gasteiger partial charge >= 0.3 is 0 Å². The van der Waals surface area contributed by atoms with E-state index in [0.717, 1.165) is 23.8 Å². The molecule has 2 atom stereocenters. The quantitative estimate of drug-likeness (QED) is 0.871. The maximum atomic E-state index is 12.1. The molecule has 1 amide bonds. The second kappa shape index (κ2) is 4.95. The van der Waals surface area contributed by atoms with Crippen molar-refractivity contribution in [2.45, 2.75) is 38.5 Å². The van der Waals surface area contributed by atoms with Gasteiger partial charge in [-0.3, -0.25) is 9.78 Å². The average Bonchev–Trinajstić information content (AvgIpc) is 2.84. The summed E-state index contributed by atoms with van der Waals surface area (Å²) in [6.45, 7) is 2.32. The van der Waals surface area contributed by atoms with Crippen molar-refractivity contribution >= 4 is 22.2 Å². The first-order valence-electron chi connectivity index (χ1n) is 7.56. The van der Waals surface area contributed by atoms with Crippen LogP contribution in [0.15, 0.2) is 24.5 Å². The first kappa shape index (κ1) is 13.0. The highest BCUT2D eigenvalue weighted by Crippen LogP contribution is 2.48. The molecule has 0 aromatic carbocycles. The van der Waals surface area contributed by atoms with Crippen molar-refractivity contribution in [1.29, 1.82) is 0 Å². The fourth-order valence-electron chi connectivity index (χ4n) is 3.58. The Hall–Kier alpha value is -1.68. The van der Waals surface area contributed by atoms with E-state index in [9.17, 15) is 4.79 Å². The predicted octanol–water partition coefficient (Wildman–Crippen LogP) is 3.74. The number of rotatable bonds is 1. The summed E-state index contributed by atoms with van der Waals surface area (Å²) >= 11 is 1.80. The van der Waals surface area contributed by atoms with Gasteiger partial charge in [-0.1, -0.05) is 6.92 Å². The van der Waals surface area contributed by atoms with E-state index in [1.54, 1.807) is 11.3 Å². The lowest BCUT2D eigenvalue weighted by molar-refractivity contribution is -0.116. The van der Waals surface area contributed by atoms with Crippen LogP contribution in [-0.4, -0.2) is 10.9 Å². The molecule has 4 rings (SSSR count). The predicted molar refractivity (Wildman–Crippen MR) is 84.8 cm³/mol. The molecular weight excluding hydrogens is 280 g/mol. The summed E-state index contributed by atoms with van der Waals surface area (Å²) in [6.07, 6.45) is 7.76. The highest BCUT2D eigenvalue weighted by atomic mass is 32.1. The molecule has 0 fully saturated rings. The SMILES string of the molecule is C[C@@H]1CCc2c(sc3c2[C@H](c2ccncc2)CC(=O)N3)C1. The van der Waals surface area contributed by atoms with Crippen molar-refractivity contribution in [3.8, 4) is 0 Å². The largest absolute Gasteiger partial charge is 0.317 e. The average molecular weight is 298 g/mol. The maximum Gasteiger partial charge on any atom is 0.225 e. The Labute approximate surface area is 128 Å². The van der Waals surface area contributed by atoms with Gasteiger partial charge in [-0.05, 0) is 54.0 Å². The number of nitrogens with one attached hydrogen (secondary N) is 1. The van der Waals surface area contributed by atoms with Crippen molar-refractivity contribution in [1.82, 2.24) is 4.98 Å². The normalized spacial score (nSPS) is 24.1. The summed E-state index contributed by atoms with van der Waals surface area (Å²) in [7, 11) is 0. The van der Waals surface area contributed by atoms with Crippen LogP contribution in [0.4, 0.5) is 5.00 Å². The van der Waals surface area contributed by atoms with Crippen LogP contribution in [-0.2, 0) is 17.6 Å². The number of carbonyl (C=O) groups excluding carboxylic acids is 1. The molecule has 1 aliphatic heterocycles. The van der Waals surface area contributed by atoms with E-state index in [1.165, 1.54) is 28.0 Å². The third kappa shape index (κ3) is 2.18. The van der Waals surface area contributed by atoms with E-state index in [-0.39, 0.29) is 11.8 Å². The zero-order valence-corrected chi connectivity index (χ0v) is 12.9. The molecule has 2 aromatic heterocycles. The smallest absolute Gasteiger partial charge is 0.225 e. The number of fused-ring (bicyclic) bond motifs is 3. The third-order valence-corrected chi connectivity index (χ3v) is 5.84. The van der Waals surface area contributed by atoms with E-state index in [2.05, 4.69) is 17.2 Å². The van der Waals surface area contributed by atoms with Crippen LogP contribution in [0.2, 0.25) is 0 Å². The van der Waals surface area contributed by atoms with Gasteiger partial charge in [-0.2, -0.15) is 0 Å². The summed E-state index contributed by atoms with van der Waals surface area (Å²) in [6, 6.07) is 4.09. The lowest BCUT2D eigenvalue weighted by Crippen LogP contribution is -2.23. The first-order chi connectivity index (χ1) is 10.2. The Morgan fingerprint density at radius 3 is 2.90 bits per heavy atom. The molecular formula is C17H18N2OS. The van der Waals surface area contributed by atoms with Crippen LogP contribution in [0.5, 0.6) is 0 Å². The number of hydrogen-bond acceptors (Lipinski definition) is 3. The molecule has 0 unspecified atom stereocenters. The van der Waals surface area contributed by atoms with E-state index in [4.69, 9.17) is 0 Å². The molecule has 0 spiro atoms. The maximum absolute atomic E-state index is 12.1. The van der Waals surface area contributed by atoms with Crippen LogP contribution < -0.4 is 5.32 Å². The molecule has 1 N–H and O–H groups in total. The minimum absolute atomic E-state index is 0.135. The first-order valence-corrected chi connectivity index (χ1v) is 8.38. The van der Waals surface area contributed by atoms with Crippen molar-refractivity contribution in [2.24, 2.45) is 5.92 Å². The fraction of sp³-hybridized carbons (Fsp3) is 0.412. The fourth-order valence-corrected chi connectivity index (χ4v) is 5.07. The van der Waals surface area contributed by atoms with Crippen molar-refractivity contribution in [3.05, 3.63) is 46.1 Å². The Balaban J connectivity index is 1.84. The lowest BCUT2D eigenvalue weighted by atomic mass is 9.80. The van der Waals surface area contributed by atoms with Crippen molar-refractivity contribution in [3.63, 3.8) is 0 Å². The summed E-state index contributed by atoms with van der Waals surface area (Å²) < 4.78 is 0. The molecule has 0 saturated heterocycles. The zero-order valence-electron chi connectivity index (χ0n) is 12.1. The van der Waals surface area contributed by atoms with Gasteiger partial charge in [0.2, 0.25) is 5.91 Å². The molecule has 3 heterocycles. The van der Waals surface area contributed by atoms with Crippen molar-refractivity contribution < 1.29 is 4.79 Å². The Bertz CT molecular complexity index is 692. The van der Waals surface area contributed by atoms with Gasteiger partial charge in [-0.25, -0.2) is 0 Å². The number of hydrogen-bond donors (Lipinski definition) is 1. The minimum atomic E-state index is 0.135. The second-order valence-electron chi connectivity index (χ2n) is 6.18. The topological polar surface area (TPSA) is 42.0 Å². The minimum Gasteiger partial charge on any atom is -0.317 e. The van der Waals surface area contributed by atoms with Gasteiger partial charge in [0.25, 0.3) is 0 Å². The van der Waals surface area contributed by atoms with Crippen LogP contribution >= 0.6 is 11.3 Å². The summed E-state index contributed by atoms with van der Waals surface area (Å²) in [5, 5.41) is 4.19. The zero-order chi connectivity index (χ0) is 14.4. The van der Waals surface area contributed by atoms with Crippen LogP contribution in [0, 0.1) is 5.92 Å². The van der Waals surface area contributed by atoms with Gasteiger partial charge in [0, 0.05) is 29.6 Å².